The molecule has 0 amide bonds. The van der Waals surface area contributed by atoms with Crippen LogP contribution in [0.3, 0.4) is 0 Å². The molecule has 1 heterocycles. The third-order valence-corrected chi connectivity index (χ3v) is 2.57. The van der Waals surface area contributed by atoms with Crippen molar-refractivity contribution in [1.29, 1.82) is 0 Å². The molecule has 0 saturated heterocycles. The van der Waals surface area contributed by atoms with Gasteiger partial charge in [-0.1, -0.05) is 30.3 Å². The number of carboxylic acid groups (broad SMARTS) is 1. The van der Waals surface area contributed by atoms with Crippen molar-refractivity contribution in [3.05, 3.63) is 66.0 Å². The van der Waals surface area contributed by atoms with E-state index in [1.807, 2.05) is 6.07 Å². The number of pyridine rings is 1. The minimum Gasteiger partial charge on any atom is -0.473 e. The van der Waals surface area contributed by atoms with Gasteiger partial charge in [0.2, 0.25) is 12.3 Å². The van der Waals surface area contributed by atoms with Gasteiger partial charge < -0.3 is 5.11 Å². The Morgan fingerprint density at radius 2 is 1.67 bits per heavy atom. The van der Waals surface area contributed by atoms with Crippen molar-refractivity contribution < 1.29 is 19.3 Å². The second-order valence-corrected chi connectivity index (χ2v) is 3.81. The second-order valence-electron chi connectivity index (χ2n) is 3.81. The first-order valence-corrected chi connectivity index (χ1v) is 5.48. The predicted octanol–water partition coefficient (Wildman–Crippen LogP) is 1.56. The van der Waals surface area contributed by atoms with E-state index in [0.29, 0.717) is 5.56 Å². The lowest BCUT2D eigenvalue weighted by Gasteiger charge is -2.00. The van der Waals surface area contributed by atoms with Gasteiger partial charge in [-0.15, -0.1) is 0 Å². The van der Waals surface area contributed by atoms with Crippen molar-refractivity contribution in [2.75, 3.05) is 0 Å². The van der Waals surface area contributed by atoms with E-state index in [1.54, 1.807) is 42.6 Å². The molecule has 0 unspecified atom stereocenters. The molecule has 0 bridgehead atoms. The fourth-order valence-electron chi connectivity index (χ4n) is 1.68. The molecular weight excluding hydrogens is 230 g/mol. The number of carbonyl (C=O) groups is 2. The van der Waals surface area contributed by atoms with Crippen LogP contribution in [0, 0.1) is 0 Å². The summed E-state index contributed by atoms with van der Waals surface area (Å²) in [5.74, 6) is -1.16. The number of aromatic nitrogens is 1. The molecule has 1 aromatic carbocycles. The van der Waals surface area contributed by atoms with Crippen molar-refractivity contribution in [1.82, 2.24) is 0 Å². The summed E-state index contributed by atoms with van der Waals surface area (Å²) in [5, 5.41) is 9.02. The van der Waals surface area contributed by atoms with Gasteiger partial charge in [-0.25, -0.2) is 4.79 Å². The van der Waals surface area contributed by atoms with Crippen molar-refractivity contribution in [2.24, 2.45) is 0 Å². The standard InChI is InChI=1S/C14H11NO3/c16-13(11-6-2-1-3-7-11)10-15-9-5-4-8-12(15)14(17)18/h1-9H,10H2/p+1. The number of carbonyl (C=O) groups excluding carboxylic acids is 1. The zero-order chi connectivity index (χ0) is 13.0. The summed E-state index contributed by atoms with van der Waals surface area (Å²) >= 11 is 0. The average Bonchev–Trinajstić information content (AvgIpc) is 2.40. The smallest absolute Gasteiger partial charge is 0.401 e. The van der Waals surface area contributed by atoms with Crippen molar-refractivity contribution in [3.8, 4) is 0 Å². The molecule has 4 nitrogen and oxygen atoms in total. The Labute approximate surface area is 104 Å². The van der Waals surface area contributed by atoms with E-state index >= 15 is 0 Å². The maximum atomic E-state index is 12.0. The summed E-state index contributed by atoms with van der Waals surface area (Å²) in [6.45, 7) is 0.0203. The average molecular weight is 242 g/mol. The summed E-state index contributed by atoms with van der Waals surface area (Å²) in [6, 6.07) is 13.6. The first-order chi connectivity index (χ1) is 8.68. The summed E-state index contributed by atoms with van der Waals surface area (Å²) < 4.78 is 1.43. The number of carboxylic acids is 1. The number of ketones is 1. The molecular formula is C14H12NO3+. The molecule has 0 atom stereocenters. The van der Waals surface area contributed by atoms with Gasteiger partial charge in [0.05, 0.1) is 0 Å². The Hall–Kier alpha value is -2.49. The lowest BCUT2D eigenvalue weighted by Crippen LogP contribution is -2.43. The maximum Gasteiger partial charge on any atom is 0.401 e. The number of Topliss-reactive ketones (excluding diaryl/α,β-unsaturated/α-hetero) is 1. The van der Waals surface area contributed by atoms with Gasteiger partial charge in [-0.2, -0.15) is 4.57 Å². The van der Waals surface area contributed by atoms with E-state index < -0.39 is 5.97 Å². The van der Waals surface area contributed by atoms with E-state index in [1.165, 1.54) is 10.6 Å². The molecule has 0 aliphatic heterocycles. The van der Waals surface area contributed by atoms with Crippen LogP contribution < -0.4 is 4.57 Å². The SMILES string of the molecule is O=C(C[n+]1ccccc1C(=O)O)c1ccccc1. The van der Waals surface area contributed by atoms with Crippen LogP contribution in [0.15, 0.2) is 54.7 Å². The molecule has 1 aromatic heterocycles. The zero-order valence-corrected chi connectivity index (χ0v) is 9.61. The molecule has 0 saturated carbocycles. The Morgan fingerprint density at radius 3 is 2.33 bits per heavy atom. The van der Waals surface area contributed by atoms with Gasteiger partial charge in [-0.3, -0.25) is 4.79 Å². The summed E-state index contributed by atoms with van der Waals surface area (Å²) in [6.07, 6.45) is 1.59. The van der Waals surface area contributed by atoms with Crippen molar-refractivity contribution in [2.45, 2.75) is 6.54 Å². The van der Waals surface area contributed by atoms with Crippen LogP contribution in [-0.2, 0) is 6.54 Å². The number of hydrogen-bond acceptors (Lipinski definition) is 2. The predicted molar refractivity (Wildman–Crippen MR) is 64.4 cm³/mol. The minimum absolute atomic E-state index is 0.0203. The van der Waals surface area contributed by atoms with Gasteiger partial charge in [0, 0.05) is 17.7 Å². The number of rotatable bonds is 4. The largest absolute Gasteiger partial charge is 0.473 e. The molecule has 0 aliphatic carbocycles. The third-order valence-electron chi connectivity index (χ3n) is 2.57. The maximum absolute atomic E-state index is 12.0. The van der Waals surface area contributed by atoms with Gasteiger partial charge in [0.25, 0.3) is 5.69 Å². The molecule has 0 spiro atoms. The van der Waals surface area contributed by atoms with Gasteiger partial charge in [-0.05, 0) is 6.07 Å². The van der Waals surface area contributed by atoms with E-state index in [0.717, 1.165) is 0 Å². The van der Waals surface area contributed by atoms with E-state index in [2.05, 4.69) is 0 Å². The van der Waals surface area contributed by atoms with E-state index in [4.69, 9.17) is 5.11 Å². The van der Waals surface area contributed by atoms with E-state index in [9.17, 15) is 9.59 Å². The molecule has 4 heteroatoms. The fraction of sp³-hybridized carbons (Fsp3) is 0.0714. The monoisotopic (exact) mass is 242 g/mol. The second kappa shape index (κ2) is 5.23. The molecule has 2 rings (SSSR count). The first-order valence-electron chi connectivity index (χ1n) is 5.48. The fourth-order valence-corrected chi connectivity index (χ4v) is 1.68. The number of nitrogens with zero attached hydrogens (tertiary/aromatic N) is 1. The molecule has 1 N–H and O–H groups in total. The molecule has 2 aromatic rings. The number of hydrogen-bond donors (Lipinski definition) is 1. The minimum atomic E-state index is -1.04. The van der Waals surface area contributed by atoms with Crippen LogP contribution >= 0.6 is 0 Å². The lowest BCUT2D eigenvalue weighted by molar-refractivity contribution is -0.685. The molecule has 0 fully saturated rings. The summed E-state index contributed by atoms with van der Waals surface area (Å²) in [7, 11) is 0. The Kier molecular flexibility index (Phi) is 3.48. The van der Waals surface area contributed by atoms with E-state index in [-0.39, 0.29) is 18.0 Å². The van der Waals surface area contributed by atoms with Gasteiger partial charge in [0.1, 0.15) is 0 Å². The number of benzene rings is 1. The highest BCUT2D eigenvalue weighted by atomic mass is 16.4. The topological polar surface area (TPSA) is 58.2 Å². The molecule has 90 valence electrons. The Morgan fingerprint density at radius 1 is 1.00 bits per heavy atom. The highest BCUT2D eigenvalue weighted by Crippen LogP contribution is 2.00. The van der Waals surface area contributed by atoms with Crippen LogP contribution in [-0.4, -0.2) is 16.9 Å². The van der Waals surface area contributed by atoms with Gasteiger partial charge in [0.15, 0.2) is 6.20 Å². The Bertz CT molecular complexity index is 579. The quantitative estimate of drug-likeness (QED) is 0.653. The van der Waals surface area contributed by atoms with Crippen LogP contribution in [0.2, 0.25) is 0 Å². The molecule has 0 radical (unpaired) electrons. The Balaban J connectivity index is 2.25. The zero-order valence-electron chi connectivity index (χ0n) is 9.61. The highest BCUT2D eigenvalue weighted by Gasteiger charge is 2.20. The van der Waals surface area contributed by atoms with Crippen LogP contribution in [0.4, 0.5) is 0 Å². The van der Waals surface area contributed by atoms with Crippen LogP contribution in [0.1, 0.15) is 20.8 Å². The van der Waals surface area contributed by atoms with Crippen molar-refractivity contribution >= 4 is 11.8 Å². The number of aromatic carboxylic acids is 1. The molecule has 0 aliphatic rings. The van der Waals surface area contributed by atoms with Crippen LogP contribution in [0.5, 0.6) is 0 Å². The molecule has 18 heavy (non-hydrogen) atoms. The van der Waals surface area contributed by atoms with Crippen LogP contribution in [0.25, 0.3) is 0 Å². The first kappa shape index (κ1) is 12.0. The lowest BCUT2D eigenvalue weighted by atomic mass is 10.1. The summed E-state index contributed by atoms with van der Waals surface area (Å²) in [4.78, 5) is 23.0. The van der Waals surface area contributed by atoms with Crippen molar-refractivity contribution in [3.63, 3.8) is 0 Å². The van der Waals surface area contributed by atoms with Gasteiger partial charge >= 0.3 is 5.97 Å². The normalized spacial score (nSPS) is 10.0. The third kappa shape index (κ3) is 2.60. The summed E-state index contributed by atoms with van der Waals surface area (Å²) in [5.41, 5.74) is 0.673. The highest BCUT2D eigenvalue weighted by molar-refractivity contribution is 5.95.